The summed E-state index contributed by atoms with van der Waals surface area (Å²) in [5, 5.41) is 13.9. The van der Waals surface area contributed by atoms with Crippen molar-refractivity contribution in [1.82, 2.24) is 5.32 Å². The van der Waals surface area contributed by atoms with Gasteiger partial charge in [0.05, 0.1) is 39.9 Å². The van der Waals surface area contributed by atoms with Gasteiger partial charge in [-0.3, -0.25) is 9.36 Å². The first-order chi connectivity index (χ1) is 39.5. The quantitative estimate of drug-likeness (QED) is 0.0272. The lowest BCUT2D eigenvalue weighted by atomic mass is 10.0. The molecule has 0 bridgehead atoms. The summed E-state index contributed by atoms with van der Waals surface area (Å²) >= 11 is 0. The molecule has 3 unspecified atom stereocenters. The minimum atomic E-state index is -4.62. The molecule has 8 nitrogen and oxygen atoms in total. The van der Waals surface area contributed by atoms with E-state index in [9.17, 15) is 19.4 Å². The number of phosphoric acid groups is 1. The second-order valence-electron chi connectivity index (χ2n) is 23.8. The fourth-order valence-electron chi connectivity index (χ4n) is 9.48. The highest BCUT2D eigenvalue weighted by Crippen LogP contribution is 2.38. The van der Waals surface area contributed by atoms with Gasteiger partial charge in [-0.15, -0.1) is 0 Å². The summed E-state index contributed by atoms with van der Waals surface area (Å²) in [4.78, 5) is 25.6. The van der Waals surface area contributed by atoms with Crippen LogP contribution in [0.4, 0.5) is 0 Å². The highest BCUT2D eigenvalue weighted by molar-refractivity contribution is 7.45. The van der Waals surface area contributed by atoms with Crippen molar-refractivity contribution in [2.75, 3.05) is 40.9 Å². The summed E-state index contributed by atoms with van der Waals surface area (Å²) in [5.41, 5.74) is 0. The SMILES string of the molecule is CC/C=C\C/C=C\C/C=C\C/C=C\C/C=C\C/C=C\CCCCCCCCCCCCCCC(=O)NC(COP(=O)([O-])OCC[N+](C)(C)C)C(O)/C=C/CC/C=C/CC/C=C/CCCCCCCCCCCCCCCCCCCC. The van der Waals surface area contributed by atoms with Gasteiger partial charge in [0.15, 0.2) is 0 Å². The lowest BCUT2D eigenvalue weighted by Crippen LogP contribution is -2.45. The first-order valence-electron chi connectivity index (χ1n) is 33.7. The van der Waals surface area contributed by atoms with E-state index < -0.39 is 26.6 Å². The molecule has 0 aliphatic heterocycles. The maximum absolute atomic E-state index is 13.0. The largest absolute Gasteiger partial charge is 0.756 e. The van der Waals surface area contributed by atoms with Gasteiger partial charge < -0.3 is 28.8 Å². The second kappa shape index (κ2) is 61.7. The first-order valence-corrected chi connectivity index (χ1v) is 35.2. The van der Waals surface area contributed by atoms with Crippen LogP contribution in [0.25, 0.3) is 0 Å². The van der Waals surface area contributed by atoms with E-state index in [1.165, 1.54) is 186 Å². The van der Waals surface area contributed by atoms with Crippen molar-refractivity contribution in [3.63, 3.8) is 0 Å². The highest BCUT2D eigenvalue weighted by atomic mass is 31.2. The topological polar surface area (TPSA) is 108 Å². The van der Waals surface area contributed by atoms with Gasteiger partial charge in [-0.2, -0.15) is 0 Å². The maximum atomic E-state index is 13.0. The van der Waals surface area contributed by atoms with Gasteiger partial charge in [-0.05, 0) is 96.3 Å². The fourth-order valence-corrected chi connectivity index (χ4v) is 10.2. The number of nitrogens with zero attached hydrogens (tertiary/aromatic N) is 1. The van der Waals surface area contributed by atoms with Crippen LogP contribution in [0.1, 0.15) is 290 Å². The van der Waals surface area contributed by atoms with Crippen molar-refractivity contribution in [1.29, 1.82) is 0 Å². The second-order valence-corrected chi connectivity index (χ2v) is 25.2. The number of carbonyl (C=O) groups is 1. The zero-order valence-corrected chi connectivity index (χ0v) is 54.4. The van der Waals surface area contributed by atoms with E-state index in [-0.39, 0.29) is 12.5 Å². The third-order valence-electron chi connectivity index (χ3n) is 14.7. The van der Waals surface area contributed by atoms with E-state index in [0.29, 0.717) is 17.4 Å². The maximum Gasteiger partial charge on any atom is 0.268 e. The number of quaternary nitrogens is 1. The van der Waals surface area contributed by atoms with Gasteiger partial charge in [-0.25, -0.2) is 0 Å². The van der Waals surface area contributed by atoms with Crippen LogP contribution in [0.3, 0.4) is 0 Å². The van der Waals surface area contributed by atoms with E-state index in [2.05, 4.69) is 116 Å². The van der Waals surface area contributed by atoms with Crippen LogP contribution in [0.2, 0.25) is 0 Å². The van der Waals surface area contributed by atoms with Crippen molar-refractivity contribution >= 4 is 13.7 Å². The summed E-state index contributed by atoms with van der Waals surface area (Å²) in [5.74, 6) is -0.215. The standard InChI is InChI=1S/C72H129N2O6P/c1-6-8-10-12-14-16-18-20-22-24-26-28-30-32-34-36-37-38-40-42-44-46-48-50-52-54-56-58-60-62-64-66-72(76)73-70(69-80-81(77,78)79-68-67-74(3,4)5)71(75)65-63-61-59-57-55-53-51-49-47-45-43-41-39-35-33-31-29-27-25-23-21-19-17-15-13-11-9-7-2/h8,10,14,16,20,22,26,28,32,34,37-38,47,49,55,57,63,65,70-71,75H,6-7,9,11-13,15,17-19,21,23-25,27,29-31,33,35-36,39-46,48,50-54,56,58-62,64,66-69H2,1-5H3,(H-,73,76,77,78)/b10-8-,16-14-,22-20-,28-26-,34-32-,38-37-,49-47+,57-55+,65-63+. The Morgan fingerprint density at radius 1 is 0.444 bits per heavy atom. The Hall–Kier alpha value is -2.84. The Morgan fingerprint density at radius 3 is 1.15 bits per heavy atom. The van der Waals surface area contributed by atoms with E-state index in [0.717, 1.165) is 83.5 Å². The Labute approximate surface area is 501 Å². The minimum absolute atomic E-state index is 0.0139. The van der Waals surface area contributed by atoms with Crippen LogP contribution in [0.5, 0.6) is 0 Å². The molecule has 0 saturated carbocycles. The minimum Gasteiger partial charge on any atom is -0.756 e. The summed E-state index contributed by atoms with van der Waals surface area (Å²) in [6.07, 6.45) is 90.6. The van der Waals surface area contributed by atoms with Crippen molar-refractivity contribution in [2.45, 2.75) is 302 Å². The van der Waals surface area contributed by atoms with Crippen molar-refractivity contribution in [3.8, 4) is 0 Å². The third-order valence-corrected chi connectivity index (χ3v) is 15.7. The Morgan fingerprint density at radius 2 is 0.765 bits per heavy atom. The predicted octanol–water partition coefficient (Wildman–Crippen LogP) is 20.9. The molecule has 0 heterocycles. The fraction of sp³-hybridized carbons (Fsp3) is 0.736. The Bertz CT molecular complexity index is 1690. The molecule has 468 valence electrons. The first kappa shape index (κ1) is 78.2. The molecule has 0 spiro atoms. The van der Waals surface area contributed by atoms with Gasteiger partial charge in [0.2, 0.25) is 5.91 Å². The smallest absolute Gasteiger partial charge is 0.268 e. The average molecular weight is 1150 g/mol. The van der Waals surface area contributed by atoms with Crippen LogP contribution in [0, 0.1) is 0 Å². The molecular weight excluding hydrogens is 1020 g/mol. The molecule has 1 amide bonds. The number of aliphatic hydroxyl groups excluding tert-OH is 1. The lowest BCUT2D eigenvalue weighted by Gasteiger charge is -2.29. The zero-order chi connectivity index (χ0) is 59.1. The number of hydrogen-bond acceptors (Lipinski definition) is 6. The average Bonchev–Trinajstić information content (AvgIpc) is 3.43. The van der Waals surface area contributed by atoms with Gasteiger partial charge >= 0.3 is 0 Å². The number of hydrogen-bond donors (Lipinski definition) is 2. The Balaban J connectivity index is 4.19. The molecule has 81 heavy (non-hydrogen) atoms. The molecule has 0 rings (SSSR count). The molecule has 0 aliphatic rings. The summed E-state index contributed by atoms with van der Waals surface area (Å²) in [6, 6.07) is -0.920. The van der Waals surface area contributed by atoms with E-state index in [4.69, 9.17) is 9.05 Å². The molecule has 0 aliphatic carbocycles. The normalized spacial score (nSPS) is 14.4. The molecule has 3 atom stereocenters. The van der Waals surface area contributed by atoms with Gasteiger partial charge in [0.1, 0.15) is 13.2 Å². The molecule has 9 heteroatoms. The molecule has 0 aromatic rings. The number of rotatable bonds is 61. The third kappa shape index (κ3) is 64.6. The summed E-state index contributed by atoms with van der Waals surface area (Å²) in [7, 11) is 1.23. The molecule has 2 N–H and O–H groups in total. The van der Waals surface area contributed by atoms with Crippen molar-refractivity contribution in [3.05, 3.63) is 109 Å². The van der Waals surface area contributed by atoms with Crippen molar-refractivity contribution in [2.24, 2.45) is 0 Å². The van der Waals surface area contributed by atoms with Crippen LogP contribution in [-0.4, -0.2) is 68.5 Å². The number of phosphoric ester groups is 1. The van der Waals surface area contributed by atoms with Crippen LogP contribution in [0.15, 0.2) is 109 Å². The number of nitrogens with one attached hydrogen (secondary N) is 1. The van der Waals surface area contributed by atoms with Gasteiger partial charge in [0.25, 0.3) is 7.82 Å². The molecule has 0 aromatic heterocycles. The molecule has 0 aromatic carbocycles. The lowest BCUT2D eigenvalue weighted by molar-refractivity contribution is -0.870. The number of amides is 1. The van der Waals surface area contributed by atoms with Gasteiger partial charge in [0, 0.05) is 6.42 Å². The molecule has 0 fully saturated rings. The van der Waals surface area contributed by atoms with Crippen LogP contribution >= 0.6 is 7.82 Å². The molecular formula is C72H129N2O6P. The van der Waals surface area contributed by atoms with E-state index >= 15 is 0 Å². The summed E-state index contributed by atoms with van der Waals surface area (Å²) < 4.78 is 23.4. The highest BCUT2D eigenvalue weighted by Gasteiger charge is 2.23. The zero-order valence-electron chi connectivity index (χ0n) is 53.5. The predicted molar refractivity (Wildman–Crippen MR) is 352 cm³/mol. The van der Waals surface area contributed by atoms with E-state index in [1.54, 1.807) is 6.08 Å². The van der Waals surface area contributed by atoms with Gasteiger partial charge in [-0.1, -0.05) is 297 Å². The number of likely N-dealkylation sites (N-methyl/N-ethyl adjacent to an activating group) is 1. The van der Waals surface area contributed by atoms with Crippen LogP contribution < -0.4 is 10.2 Å². The number of unbranched alkanes of at least 4 members (excludes halogenated alkanes) is 32. The van der Waals surface area contributed by atoms with E-state index in [1.807, 2.05) is 27.2 Å². The van der Waals surface area contributed by atoms with Crippen molar-refractivity contribution < 1.29 is 32.9 Å². The molecule has 0 radical (unpaired) electrons. The number of aliphatic hydroxyl groups is 1. The van der Waals surface area contributed by atoms with Crippen LogP contribution in [-0.2, 0) is 18.4 Å². The summed E-state index contributed by atoms with van der Waals surface area (Å²) in [6.45, 7) is 4.52. The monoisotopic (exact) mass is 1150 g/mol. The molecule has 0 saturated heterocycles. The number of allylic oxidation sites excluding steroid dienone is 17. The Kier molecular flexibility index (Phi) is 59.5. The number of carbonyl (C=O) groups excluding carboxylic acids is 1.